The number of benzene rings is 1. The maximum absolute atomic E-state index is 4.98. The van der Waals surface area contributed by atoms with E-state index in [9.17, 15) is 0 Å². The van der Waals surface area contributed by atoms with Gasteiger partial charge in [0.25, 0.3) is 0 Å². The average molecular weight is 493 g/mol. The lowest BCUT2D eigenvalue weighted by molar-refractivity contribution is -0.858. The summed E-state index contributed by atoms with van der Waals surface area (Å²) in [7, 11) is 4.41. The first kappa shape index (κ1) is 21.1. The lowest BCUT2D eigenvalue weighted by atomic mass is 9.97. The van der Waals surface area contributed by atoms with Crippen molar-refractivity contribution in [2.45, 2.75) is 42.8 Å². The first-order valence-electron chi connectivity index (χ1n) is 10.3. The standard InChI is InChI=1S/C22H27BrN4S2/c1-27(2)13-5-12-24-21-20-17-6-3-4-7-18(17)29-22(20)26-19(25-21)14-28-16-10-8-15(23)9-11-16/h8-11H,3-7,12-14H2,1-2H3,(H,24,25,26)/p+1. The predicted octanol–water partition coefficient (Wildman–Crippen LogP) is 4.57. The van der Waals surface area contributed by atoms with Gasteiger partial charge in [-0.05, 0) is 55.5 Å². The van der Waals surface area contributed by atoms with E-state index < -0.39 is 0 Å². The van der Waals surface area contributed by atoms with Gasteiger partial charge >= 0.3 is 0 Å². The summed E-state index contributed by atoms with van der Waals surface area (Å²) in [6.45, 7) is 2.12. The number of nitrogens with one attached hydrogen (secondary N) is 2. The highest BCUT2D eigenvalue weighted by molar-refractivity contribution is 9.10. The van der Waals surface area contributed by atoms with Crippen LogP contribution in [0.1, 0.15) is 35.5 Å². The Morgan fingerprint density at radius 3 is 2.72 bits per heavy atom. The van der Waals surface area contributed by atoms with Crippen LogP contribution in [-0.2, 0) is 18.6 Å². The van der Waals surface area contributed by atoms with Crippen molar-refractivity contribution >= 4 is 55.1 Å². The Kier molecular flexibility index (Phi) is 7.11. The van der Waals surface area contributed by atoms with Crippen molar-refractivity contribution in [1.29, 1.82) is 0 Å². The van der Waals surface area contributed by atoms with Crippen LogP contribution in [0.5, 0.6) is 0 Å². The molecule has 0 saturated carbocycles. The summed E-state index contributed by atoms with van der Waals surface area (Å²) in [5.41, 5.74) is 1.50. The highest BCUT2D eigenvalue weighted by Gasteiger charge is 2.21. The van der Waals surface area contributed by atoms with E-state index in [4.69, 9.17) is 9.97 Å². The number of nitrogens with zero attached hydrogens (tertiary/aromatic N) is 2. The Bertz CT molecular complexity index is 969. The second-order valence-electron chi connectivity index (χ2n) is 7.86. The number of aromatic nitrogens is 2. The van der Waals surface area contributed by atoms with Crippen molar-refractivity contribution < 1.29 is 4.90 Å². The van der Waals surface area contributed by atoms with Crippen molar-refractivity contribution in [2.75, 3.05) is 32.5 Å². The summed E-state index contributed by atoms with van der Waals surface area (Å²) in [4.78, 5) is 15.4. The van der Waals surface area contributed by atoms with Gasteiger partial charge in [0.1, 0.15) is 16.5 Å². The van der Waals surface area contributed by atoms with Crippen LogP contribution in [0.3, 0.4) is 0 Å². The molecule has 0 aliphatic heterocycles. The summed E-state index contributed by atoms with van der Waals surface area (Å²) >= 11 is 7.18. The first-order valence-corrected chi connectivity index (χ1v) is 12.9. The van der Waals surface area contributed by atoms with Crippen LogP contribution in [0.15, 0.2) is 33.6 Å². The smallest absolute Gasteiger partial charge is 0.142 e. The van der Waals surface area contributed by atoms with Gasteiger partial charge in [-0.25, -0.2) is 9.97 Å². The second kappa shape index (κ2) is 9.77. The molecule has 4 nitrogen and oxygen atoms in total. The molecule has 0 amide bonds. The molecule has 29 heavy (non-hydrogen) atoms. The van der Waals surface area contributed by atoms with E-state index >= 15 is 0 Å². The molecule has 2 aromatic heterocycles. The van der Waals surface area contributed by atoms with Crippen LogP contribution in [0.25, 0.3) is 10.2 Å². The monoisotopic (exact) mass is 491 g/mol. The largest absolute Gasteiger partial charge is 0.369 e. The number of rotatable bonds is 8. The quantitative estimate of drug-likeness (QED) is 0.357. The molecule has 7 heteroatoms. The number of halogens is 1. The normalized spacial score (nSPS) is 13.8. The Hall–Kier alpha value is -1.15. The van der Waals surface area contributed by atoms with Gasteiger partial charge in [0.2, 0.25) is 0 Å². The average Bonchev–Trinajstić information content (AvgIpc) is 3.09. The third-order valence-electron chi connectivity index (χ3n) is 5.19. The third-order valence-corrected chi connectivity index (χ3v) is 7.91. The zero-order valence-corrected chi connectivity index (χ0v) is 20.3. The number of thiophene rings is 1. The topological polar surface area (TPSA) is 42.2 Å². The summed E-state index contributed by atoms with van der Waals surface area (Å²) < 4.78 is 1.11. The summed E-state index contributed by atoms with van der Waals surface area (Å²) in [5.74, 6) is 2.76. The number of thioether (sulfide) groups is 1. The van der Waals surface area contributed by atoms with E-state index in [2.05, 4.69) is 59.6 Å². The van der Waals surface area contributed by atoms with Gasteiger partial charge in [-0.2, -0.15) is 0 Å². The number of anilines is 1. The molecule has 1 aromatic carbocycles. The van der Waals surface area contributed by atoms with Crippen LogP contribution < -0.4 is 10.2 Å². The van der Waals surface area contributed by atoms with Crippen molar-refractivity contribution in [1.82, 2.24) is 9.97 Å². The van der Waals surface area contributed by atoms with Gasteiger partial charge in [0.15, 0.2) is 0 Å². The van der Waals surface area contributed by atoms with Crippen LogP contribution >= 0.6 is 39.0 Å². The van der Waals surface area contributed by atoms with Gasteiger partial charge in [-0.3, -0.25) is 0 Å². The van der Waals surface area contributed by atoms with Gasteiger partial charge < -0.3 is 10.2 Å². The molecule has 0 fully saturated rings. The van der Waals surface area contributed by atoms with Gasteiger partial charge in [-0.1, -0.05) is 15.9 Å². The molecule has 2 heterocycles. The fourth-order valence-electron chi connectivity index (χ4n) is 3.72. The first-order chi connectivity index (χ1) is 14.1. The van der Waals surface area contributed by atoms with Gasteiger partial charge in [0, 0.05) is 27.2 Å². The zero-order valence-electron chi connectivity index (χ0n) is 17.1. The van der Waals surface area contributed by atoms with Crippen LogP contribution in [0.2, 0.25) is 0 Å². The number of aryl methyl sites for hydroxylation is 2. The fraction of sp³-hybridized carbons (Fsp3) is 0.455. The zero-order chi connectivity index (χ0) is 20.2. The number of fused-ring (bicyclic) bond motifs is 3. The van der Waals surface area contributed by atoms with Crippen LogP contribution in [0.4, 0.5) is 5.82 Å². The van der Waals surface area contributed by atoms with Crippen LogP contribution in [-0.4, -0.2) is 37.2 Å². The lowest BCUT2D eigenvalue weighted by Crippen LogP contribution is -3.05. The molecule has 1 aliphatic carbocycles. The van der Waals surface area contributed by atoms with E-state index in [0.29, 0.717) is 0 Å². The Labute approximate surface area is 189 Å². The predicted molar refractivity (Wildman–Crippen MR) is 129 cm³/mol. The van der Waals surface area contributed by atoms with E-state index in [1.807, 2.05) is 11.3 Å². The van der Waals surface area contributed by atoms with E-state index in [1.54, 1.807) is 11.8 Å². The Morgan fingerprint density at radius 1 is 1.14 bits per heavy atom. The molecule has 0 radical (unpaired) electrons. The van der Waals surface area contributed by atoms with Crippen molar-refractivity contribution in [3.05, 3.63) is 45.0 Å². The molecule has 0 saturated heterocycles. The molecule has 0 atom stereocenters. The number of hydrogen-bond acceptors (Lipinski definition) is 5. The molecule has 0 unspecified atom stereocenters. The molecule has 0 bridgehead atoms. The fourth-order valence-corrected chi connectivity index (χ4v) is 6.02. The van der Waals surface area contributed by atoms with Crippen molar-refractivity contribution in [3.63, 3.8) is 0 Å². The Balaban J connectivity index is 1.58. The maximum atomic E-state index is 4.98. The summed E-state index contributed by atoms with van der Waals surface area (Å²) in [6, 6.07) is 8.44. The second-order valence-corrected chi connectivity index (χ2v) is 10.9. The minimum absolute atomic E-state index is 0.788. The molecule has 4 rings (SSSR count). The number of hydrogen-bond donors (Lipinski definition) is 2. The third kappa shape index (κ3) is 5.32. The Morgan fingerprint density at radius 2 is 1.93 bits per heavy atom. The number of quaternary nitrogens is 1. The van der Waals surface area contributed by atoms with Crippen molar-refractivity contribution in [3.8, 4) is 0 Å². The van der Waals surface area contributed by atoms with Crippen LogP contribution in [0, 0.1) is 0 Å². The van der Waals surface area contributed by atoms with E-state index in [-0.39, 0.29) is 0 Å². The molecular formula is C22H28BrN4S2+. The molecule has 2 N–H and O–H groups in total. The minimum Gasteiger partial charge on any atom is -0.369 e. The molecule has 154 valence electrons. The van der Waals surface area contributed by atoms with Crippen molar-refractivity contribution in [2.24, 2.45) is 0 Å². The van der Waals surface area contributed by atoms with E-state index in [0.717, 1.165) is 41.4 Å². The molecule has 3 aromatic rings. The summed E-state index contributed by atoms with van der Waals surface area (Å²) in [5, 5.41) is 4.94. The molecular weight excluding hydrogens is 464 g/mol. The highest BCUT2D eigenvalue weighted by atomic mass is 79.9. The lowest BCUT2D eigenvalue weighted by Gasteiger charge is -2.14. The maximum Gasteiger partial charge on any atom is 0.142 e. The molecule has 0 spiro atoms. The summed E-state index contributed by atoms with van der Waals surface area (Å²) in [6.07, 6.45) is 6.09. The van der Waals surface area contributed by atoms with Gasteiger partial charge in [-0.15, -0.1) is 23.1 Å². The highest BCUT2D eigenvalue weighted by Crippen LogP contribution is 2.39. The molecule has 1 aliphatic rings. The SMILES string of the molecule is C[NH+](C)CCCNc1nc(CSc2ccc(Br)cc2)nc2sc3c(c12)CCCC3. The minimum atomic E-state index is 0.788. The van der Waals surface area contributed by atoms with E-state index in [1.165, 1.54) is 56.1 Å². The van der Waals surface area contributed by atoms with Gasteiger partial charge in [0.05, 0.1) is 31.8 Å².